The van der Waals surface area contributed by atoms with E-state index >= 15 is 0 Å². The van der Waals surface area contributed by atoms with Crippen LogP contribution in [0.5, 0.6) is 0 Å². The van der Waals surface area contributed by atoms with Crippen molar-refractivity contribution in [3.63, 3.8) is 0 Å². The van der Waals surface area contributed by atoms with Gasteiger partial charge in [0.15, 0.2) is 0 Å². The predicted octanol–water partition coefficient (Wildman–Crippen LogP) is 2.85. The molecule has 0 aromatic carbocycles. The van der Waals surface area contributed by atoms with E-state index in [1.54, 1.807) is 0 Å². The molecule has 1 rings (SSSR count). The van der Waals surface area contributed by atoms with Gasteiger partial charge < -0.3 is 0 Å². The summed E-state index contributed by atoms with van der Waals surface area (Å²) in [4.78, 5) is 0. The van der Waals surface area contributed by atoms with Crippen molar-refractivity contribution in [1.29, 1.82) is 5.26 Å². The van der Waals surface area contributed by atoms with E-state index in [1.807, 2.05) is 0 Å². The molecule has 0 aliphatic rings. The molecule has 0 saturated carbocycles. The molecule has 0 saturated heterocycles. The van der Waals surface area contributed by atoms with Crippen molar-refractivity contribution in [3.8, 4) is 6.07 Å². The second-order valence-corrected chi connectivity index (χ2v) is 2.53. The maximum atomic E-state index is 12.2. The summed E-state index contributed by atoms with van der Waals surface area (Å²) in [6.07, 6.45) is -10.2. The van der Waals surface area contributed by atoms with Gasteiger partial charge in [-0.1, -0.05) is 0 Å². The van der Waals surface area contributed by atoms with Crippen LogP contribution in [0.2, 0.25) is 0 Å². The van der Waals surface area contributed by atoms with Crippen molar-refractivity contribution in [2.75, 3.05) is 0 Å². The van der Waals surface area contributed by atoms with E-state index in [2.05, 4.69) is 0 Å². The van der Waals surface area contributed by atoms with Gasteiger partial charge in [-0.15, -0.1) is 13.2 Å². The summed E-state index contributed by atoms with van der Waals surface area (Å²) < 4.78 is 71.9. The second kappa shape index (κ2) is 3.18. The van der Waals surface area contributed by atoms with Crippen LogP contribution in [-0.4, -0.2) is 4.57 Å². The lowest BCUT2D eigenvalue weighted by Gasteiger charge is -2.14. The van der Waals surface area contributed by atoms with Gasteiger partial charge in [0, 0.05) is 6.20 Å². The van der Waals surface area contributed by atoms with E-state index in [9.17, 15) is 26.3 Å². The first-order chi connectivity index (χ1) is 6.68. The van der Waals surface area contributed by atoms with Crippen molar-refractivity contribution < 1.29 is 26.3 Å². The highest BCUT2D eigenvalue weighted by atomic mass is 19.4. The van der Waals surface area contributed by atoms with Crippen LogP contribution in [0.25, 0.3) is 0 Å². The van der Waals surface area contributed by atoms with E-state index in [0.29, 0.717) is 6.07 Å². The number of aromatic nitrogens is 1. The maximum Gasteiger partial charge on any atom is 0.488 e. The van der Waals surface area contributed by atoms with Crippen LogP contribution in [0.15, 0.2) is 12.3 Å². The molecule has 1 aromatic rings. The van der Waals surface area contributed by atoms with Gasteiger partial charge in [0.1, 0.15) is 11.8 Å². The van der Waals surface area contributed by atoms with E-state index in [1.165, 1.54) is 0 Å². The van der Waals surface area contributed by atoms with Gasteiger partial charge in [0.05, 0.1) is 5.56 Å². The molecule has 1 aromatic heterocycles. The topological polar surface area (TPSA) is 28.7 Å². The van der Waals surface area contributed by atoms with Gasteiger partial charge >= 0.3 is 12.5 Å². The van der Waals surface area contributed by atoms with Gasteiger partial charge in [0.2, 0.25) is 0 Å². The normalized spacial score (nSPS) is 12.6. The minimum atomic E-state index is -5.22. The van der Waals surface area contributed by atoms with Crippen molar-refractivity contribution in [2.24, 2.45) is 0 Å². The van der Waals surface area contributed by atoms with Crippen LogP contribution in [-0.2, 0) is 12.5 Å². The zero-order valence-corrected chi connectivity index (χ0v) is 6.82. The number of nitrogens with zero attached hydrogens (tertiary/aromatic N) is 2. The molecule has 0 N–H and O–H groups in total. The molecule has 15 heavy (non-hydrogen) atoms. The van der Waals surface area contributed by atoms with Crippen LogP contribution >= 0.6 is 0 Å². The molecule has 82 valence electrons. The monoisotopic (exact) mass is 228 g/mol. The first kappa shape index (κ1) is 11.4. The average molecular weight is 228 g/mol. The van der Waals surface area contributed by atoms with Crippen LogP contribution in [0.1, 0.15) is 11.3 Å². The Labute approximate surface area is 79.3 Å². The van der Waals surface area contributed by atoms with Crippen molar-refractivity contribution in [2.45, 2.75) is 12.5 Å². The van der Waals surface area contributed by atoms with Gasteiger partial charge in [-0.3, -0.25) is 4.57 Å². The fraction of sp³-hybridized carbons (Fsp3) is 0.286. The number of nitriles is 1. The third-order valence-corrected chi connectivity index (χ3v) is 1.55. The largest absolute Gasteiger partial charge is 0.488 e. The third kappa shape index (κ3) is 2.06. The third-order valence-electron chi connectivity index (χ3n) is 1.55. The number of hydrogen-bond donors (Lipinski definition) is 0. The molecule has 0 radical (unpaired) electrons. The van der Waals surface area contributed by atoms with E-state index < -0.39 is 28.3 Å². The number of hydrogen-bond acceptors (Lipinski definition) is 1. The minimum absolute atomic E-state index is 0.168. The van der Waals surface area contributed by atoms with E-state index in [-0.39, 0.29) is 6.20 Å². The molecule has 0 amide bonds. The predicted molar refractivity (Wildman–Crippen MR) is 35.4 cm³/mol. The Bertz CT molecular complexity index is 405. The molecule has 2 nitrogen and oxygen atoms in total. The van der Waals surface area contributed by atoms with Crippen LogP contribution < -0.4 is 0 Å². The Hall–Kier alpha value is -1.65. The Balaban J connectivity index is 3.46. The minimum Gasteiger partial charge on any atom is -0.253 e. The number of alkyl halides is 6. The molecule has 0 unspecified atom stereocenters. The highest BCUT2D eigenvalue weighted by Gasteiger charge is 2.44. The van der Waals surface area contributed by atoms with Crippen LogP contribution in [0, 0.1) is 11.3 Å². The lowest BCUT2D eigenvalue weighted by atomic mass is 10.2. The van der Waals surface area contributed by atoms with Gasteiger partial charge in [0.25, 0.3) is 0 Å². The smallest absolute Gasteiger partial charge is 0.253 e. The molecule has 0 aliphatic carbocycles. The van der Waals surface area contributed by atoms with Crippen LogP contribution in [0.4, 0.5) is 26.3 Å². The summed E-state index contributed by atoms with van der Waals surface area (Å²) in [5.41, 5.74) is -3.06. The zero-order chi connectivity index (χ0) is 11.9. The van der Waals surface area contributed by atoms with Crippen molar-refractivity contribution in [1.82, 2.24) is 4.57 Å². The van der Waals surface area contributed by atoms with E-state index in [4.69, 9.17) is 5.26 Å². The summed E-state index contributed by atoms with van der Waals surface area (Å²) >= 11 is 0. The Morgan fingerprint density at radius 1 is 1.13 bits per heavy atom. The molecule has 1 heterocycles. The molecule has 0 bridgehead atoms. The summed E-state index contributed by atoms with van der Waals surface area (Å²) in [5.74, 6) is 0. The Kier molecular flexibility index (Phi) is 2.43. The van der Waals surface area contributed by atoms with Gasteiger partial charge in [-0.25, -0.2) is 0 Å². The Morgan fingerprint density at radius 2 is 1.67 bits per heavy atom. The average Bonchev–Trinajstić information content (AvgIpc) is 2.44. The van der Waals surface area contributed by atoms with E-state index in [0.717, 1.165) is 6.07 Å². The number of rotatable bonds is 0. The fourth-order valence-corrected chi connectivity index (χ4v) is 1.02. The summed E-state index contributed by atoms with van der Waals surface area (Å²) in [6.45, 7) is 0. The first-order valence-electron chi connectivity index (χ1n) is 3.43. The summed E-state index contributed by atoms with van der Waals surface area (Å²) in [7, 11) is 0. The van der Waals surface area contributed by atoms with Gasteiger partial charge in [-0.05, 0) is 6.07 Å². The highest BCUT2D eigenvalue weighted by molar-refractivity contribution is 5.36. The molecule has 0 spiro atoms. The van der Waals surface area contributed by atoms with Crippen molar-refractivity contribution >= 4 is 0 Å². The fourth-order valence-electron chi connectivity index (χ4n) is 1.02. The summed E-state index contributed by atoms with van der Waals surface area (Å²) in [6, 6.07) is 1.52. The molecule has 0 fully saturated rings. The van der Waals surface area contributed by atoms with Crippen molar-refractivity contribution in [3.05, 3.63) is 23.5 Å². The zero-order valence-electron chi connectivity index (χ0n) is 6.82. The molecular weight excluding hydrogens is 226 g/mol. The Morgan fingerprint density at radius 3 is 2.00 bits per heavy atom. The second-order valence-electron chi connectivity index (χ2n) is 2.53. The SMILES string of the molecule is N#Cc1ccn(C(F)(F)F)c1C(F)(F)F. The van der Waals surface area contributed by atoms with Gasteiger partial charge in [-0.2, -0.15) is 18.4 Å². The molecule has 8 heteroatoms. The molecule has 0 atom stereocenters. The molecule has 0 aliphatic heterocycles. The quantitative estimate of drug-likeness (QED) is 0.627. The van der Waals surface area contributed by atoms with Crippen LogP contribution in [0.3, 0.4) is 0 Å². The lowest BCUT2D eigenvalue weighted by molar-refractivity contribution is -0.221. The molecular formula is C7H2F6N2. The highest BCUT2D eigenvalue weighted by Crippen LogP contribution is 2.37. The summed E-state index contributed by atoms with van der Waals surface area (Å²) in [5, 5.41) is 8.23. The standard InChI is InChI=1S/C7H2F6N2/c8-6(9,10)5-4(3-14)1-2-15(5)7(11,12)13/h1-2H. The number of halogens is 6. The first-order valence-corrected chi connectivity index (χ1v) is 3.43. The lowest BCUT2D eigenvalue weighted by Crippen LogP contribution is -2.24. The maximum absolute atomic E-state index is 12.2.